The first-order chi connectivity index (χ1) is 12.4. The fourth-order valence-corrected chi connectivity index (χ4v) is 2.28. The van der Waals surface area contributed by atoms with E-state index in [-0.39, 0.29) is 11.6 Å². The van der Waals surface area contributed by atoms with Crippen molar-refractivity contribution in [3.63, 3.8) is 0 Å². The number of fused-ring (bicyclic) bond motifs is 1. The van der Waals surface area contributed by atoms with Crippen LogP contribution in [0.15, 0.2) is 52.9 Å². The highest BCUT2D eigenvalue weighted by Crippen LogP contribution is 2.22. The number of amidine groups is 1. The Morgan fingerprint density at radius 2 is 1.88 bits per heavy atom. The van der Waals surface area contributed by atoms with Gasteiger partial charge in [0.25, 0.3) is 5.91 Å². The molecule has 8 nitrogen and oxygen atoms in total. The molecule has 0 aliphatic carbocycles. The summed E-state index contributed by atoms with van der Waals surface area (Å²) in [6.45, 7) is -0.438. The Labute approximate surface area is 147 Å². The van der Waals surface area contributed by atoms with Crippen molar-refractivity contribution in [2.75, 3.05) is 11.9 Å². The van der Waals surface area contributed by atoms with E-state index in [4.69, 9.17) is 25.4 Å². The number of benzene rings is 2. The number of carboxylic acid groups (broad SMARTS) is 1. The summed E-state index contributed by atoms with van der Waals surface area (Å²) in [6.07, 6.45) is 0. The van der Waals surface area contributed by atoms with E-state index in [1.807, 2.05) is 0 Å². The summed E-state index contributed by atoms with van der Waals surface area (Å²) in [5, 5.41) is 19.4. The summed E-state index contributed by atoms with van der Waals surface area (Å²) >= 11 is 0. The van der Waals surface area contributed by atoms with Crippen LogP contribution in [0.4, 0.5) is 5.69 Å². The Morgan fingerprint density at radius 1 is 1.15 bits per heavy atom. The van der Waals surface area contributed by atoms with E-state index >= 15 is 0 Å². The average molecular weight is 353 g/mol. The molecule has 0 aliphatic rings. The number of hydrogen-bond donors (Lipinski definition) is 4. The fraction of sp³-hybridized carbons (Fsp3) is 0.0556. The van der Waals surface area contributed by atoms with Gasteiger partial charge in [-0.15, -0.1) is 0 Å². The standard InChI is InChI=1S/C18H15N3O5/c19-17(20)11-2-1-10-7-15(26-14(10)8-11)18(24)21-12-3-5-13(6-4-12)25-9-16(22)23/h1-8H,9H2,(H3,19,20)(H,21,24)(H,22,23). The van der Waals surface area contributed by atoms with Crippen LogP contribution in [0, 0.1) is 5.41 Å². The fourth-order valence-electron chi connectivity index (χ4n) is 2.28. The van der Waals surface area contributed by atoms with Gasteiger partial charge >= 0.3 is 5.97 Å². The van der Waals surface area contributed by atoms with Crippen LogP contribution in [-0.2, 0) is 4.79 Å². The van der Waals surface area contributed by atoms with E-state index < -0.39 is 18.5 Å². The van der Waals surface area contributed by atoms with Crippen LogP contribution >= 0.6 is 0 Å². The number of rotatable bonds is 6. The normalized spacial score (nSPS) is 10.5. The minimum atomic E-state index is -1.07. The van der Waals surface area contributed by atoms with E-state index in [0.717, 1.165) is 5.39 Å². The number of amides is 1. The molecule has 8 heteroatoms. The minimum Gasteiger partial charge on any atom is -0.482 e. The minimum absolute atomic E-state index is 0.0838. The Hall–Kier alpha value is -3.81. The number of anilines is 1. The SMILES string of the molecule is N=C(N)c1ccc2cc(C(=O)Nc3ccc(OCC(=O)O)cc3)oc2c1. The molecule has 0 radical (unpaired) electrons. The number of nitrogen functional groups attached to an aromatic ring is 1. The lowest BCUT2D eigenvalue weighted by Gasteiger charge is -2.06. The van der Waals surface area contributed by atoms with Gasteiger partial charge < -0.3 is 25.3 Å². The second kappa shape index (κ2) is 6.98. The number of ether oxygens (including phenoxy) is 1. The maximum absolute atomic E-state index is 12.3. The molecule has 1 heterocycles. The van der Waals surface area contributed by atoms with Gasteiger partial charge in [0.15, 0.2) is 12.4 Å². The predicted octanol–water partition coefficient (Wildman–Crippen LogP) is 2.43. The first kappa shape index (κ1) is 17.0. The monoisotopic (exact) mass is 353 g/mol. The van der Waals surface area contributed by atoms with Crippen LogP contribution in [0.2, 0.25) is 0 Å². The highest BCUT2D eigenvalue weighted by molar-refractivity contribution is 6.05. The van der Waals surface area contributed by atoms with Crippen molar-refractivity contribution in [2.24, 2.45) is 5.73 Å². The lowest BCUT2D eigenvalue weighted by atomic mass is 10.1. The molecule has 0 aliphatic heterocycles. The number of hydrogen-bond acceptors (Lipinski definition) is 5. The average Bonchev–Trinajstić information content (AvgIpc) is 3.04. The van der Waals surface area contributed by atoms with Crippen LogP contribution in [0.25, 0.3) is 11.0 Å². The van der Waals surface area contributed by atoms with Crippen LogP contribution in [-0.4, -0.2) is 29.4 Å². The number of nitrogens with one attached hydrogen (secondary N) is 2. The van der Waals surface area contributed by atoms with Crippen molar-refractivity contribution >= 4 is 34.4 Å². The molecule has 1 aromatic heterocycles. The van der Waals surface area contributed by atoms with Crippen molar-refractivity contribution in [3.05, 3.63) is 59.9 Å². The maximum Gasteiger partial charge on any atom is 0.341 e. The molecule has 132 valence electrons. The van der Waals surface area contributed by atoms with Crippen molar-refractivity contribution in [2.45, 2.75) is 0 Å². The van der Waals surface area contributed by atoms with Gasteiger partial charge in [0, 0.05) is 16.6 Å². The molecule has 0 fully saturated rings. The smallest absolute Gasteiger partial charge is 0.341 e. The van der Waals surface area contributed by atoms with Crippen LogP contribution < -0.4 is 15.8 Å². The third-order valence-electron chi connectivity index (χ3n) is 3.53. The second-order valence-electron chi connectivity index (χ2n) is 5.44. The summed E-state index contributed by atoms with van der Waals surface area (Å²) in [6, 6.07) is 12.9. The van der Waals surface area contributed by atoms with Gasteiger partial charge in [-0.05, 0) is 36.4 Å². The third-order valence-corrected chi connectivity index (χ3v) is 3.53. The molecule has 26 heavy (non-hydrogen) atoms. The van der Waals surface area contributed by atoms with Crippen molar-refractivity contribution < 1.29 is 23.8 Å². The molecule has 0 saturated carbocycles. The number of furan rings is 1. The highest BCUT2D eigenvalue weighted by atomic mass is 16.5. The summed E-state index contributed by atoms with van der Waals surface area (Å²) in [5.41, 5.74) is 6.91. The van der Waals surface area contributed by atoms with Gasteiger partial charge in [-0.1, -0.05) is 12.1 Å². The summed E-state index contributed by atoms with van der Waals surface area (Å²) in [7, 11) is 0. The third kappa shape index (κ3) is 3.81. The molecule has 1 amide bonds. The Balaban J connectivity index is 1.72. The van der Waals surface area contributed by atoms with Crippen LogP contribution in [0.1, 0.15) is 16.1 Å². The number of nitrogens with two attached hydrogens (primary N) is 1. The van der Waals surface area contributed by atoms with Crippen LogP contribution in [0.5, 0.6) is 5.75 Å². The first-order valence-corrected chi connectivity index (χ1v) is 7.56. The number of carbonyl (C=O) groups excluding carboxylic acids is 1. The number of carbonyl (C=O) groups is 2. The maximum atomic E-state index is 12.3. The molecular weight excluding hydrogens is 338 g/mol. The van der Waals surface area contributed by atoms with Gasteiger partial charge in [-0.25, -0.2) is 4.79 Å². The first-order valence-electron chi connectivity index (χ1n) is 7.56. The summed E-state index contributed by atoms with van der Waals surface area (Å²) in [5.74, 6) is -1.10. The molecular formula is C18H15N3O5. The molecule has 0 spiro atoms. The Kier molecular flexibility index (Phi) is 4.57. The van der Waals surface area contributed by atoms with E-state index in [0.29, 0.717) is 22.6 Å². The molecule has 0 saturated heterocycles. The van der Waals surface area contributed by atoms with E-state index in [1.165, 1.54) is 0 Å². The highest BCUT2D eigenvalue weighted by Gasteiger charge is 2.13. The van der Waals surface area contributed by atoms with Gasteiger partial charge in [-0.3, -0.25) is 10.2 Å². The predicted molar refractivity (Wildman–Crippen MR) is 94.8 cm³/mol. The quantitative estimate of drug-likeness (QED) is 0.396. The second-order valence-corrected chi connectivity index (χ2v) is 5.44. The Bertz CT molecular complexity index is 992. The van der Waals surface area contributed by atoms with Gasteiger partial charge in [0.05, 0.1) is 0 Å². The number of aliphatic carboxylic acids is 1. The van der Waals surface area contributed by atoms with E-state index in [2.05, 4.69) is 5.32 Å². The Morgan fingerprint density at radius 3 is 2.54 bits per heavy atom. The van der Waals surface area contributed by atoms with Crippen molar-refractivity contribution in [3.8, 4) is 5.75 Å². The summed E-state index contributed by atoms with van der Waals surface area (Å²) < 4.78 is 10.6. The lowest BCUT2D eigenvalue weighted by Crippen LogP contribution is -2.11. The molecule has 0 bridgehead atoms. The zero-order valence-electron chi connectivity index (χ0n) is 13.5. The lowest BCUT2D eigenvalue weighted by molar-refractivity contribution is -0.139. The molecule has 3 aromatic rings. The molecule has 0 unspecified atom stereocenters. The molecule has 3 rings (SSSR count). The van der Waals surface area contributed by atoms with Gasteiger partial charge in [0.2, 0.25) is 0 Å². The van der Waals surface area contributed by atoms with E-state index in [9.17, 15) is 9.59 Å². The van der Waals surface area contributed by atoms with Gasteiger partial charge in [-0.2, -0.15) is 0 Å². The van der Waals surface area contributed by atoms with Crippen molar-refractivity contribution in [1.82, 2.24) is 0 Å². The van der Waals surface area contributed by atoms with Crippen molar-refractivity contribution in [1.29, 1.82) is 5.41 Å². The van der Waals surface area contributed by atoms with E-state index in [1.54, 1.807) is 48.5 Å². The van der Waals surface area contributed by atoms with Crippen LogP contribution in [0.3, 0.4) is 0 Å². The largest absolute Gasteiger partial charge is 0.482 e. The summed E-state index contributed by atoms with van der Waals surface area (Å²) in [4.78, 5) is 22.8. The number of carboxylic acids is 1. The topological polar surface area (TPSA) is 139 Å². The van der Waals surface area contributed by atoms with Gasteiger partial charge in [0.1, 0.15) is 17.2 Å². The molecule has 5 N–H and O–H groups in total. The molecule has 2 aromatic carbocycles. The zero-order chi connectivity index (χ0) is 18.7. The zero-order valence-corrected chi connectivity index (χ0v) is 13.5. The molecule has 0 atom stereocenters.